The molecule has 4 rings (SSSR count). The molecule has 0 aliphatic rings. The van der Waals surface area contributed by atoms with Gasteiger partial charge in [0.25, 0.3) is 11.5 Å². The molecule has 1 aromatic carbocycles. The van der Waals surface area contributed by atoms with Gasteiger partial charge in [0.2, 0.25) is 0 Å². The van der Waals surface area contributed by atoms with Crippen LogP contribution in [0.15, 0.2) is 69.8 Å². The van der Waals surface area contributed by atoms with Crippen molar-refractivity contribution in [3.05, 3.63) is 91.5 Å². The average Bonchev–Trinajstić information content (AvgIpc) is 3.18. The van der Waals surface area contributed by atoms with Crippen LogP contribution in [-0.4, -0.2) is 20.4 Å². The molecule has 0 bridgehead atoms. The van der Waals surface area contributed by atoms with E-state index in [1.807, 2.05) is 41.8 Å². The molecule has 27 heavy (non-hydrogen) atoms. The highest BCUT2D eigenvalue weighted by atomic mass is 32.1. The molecule has 8 heteroatoms. The second-order valence-corrected chi connectivity index (χ2v) is 6.88. The van der Waals surface area contributed by atoms with Crippen LogP contribution < -0.4 is 16.6 Å². The van der Waals surface area contributed by atoms with Crippen LogP contribution in [0.4, 0.5) is 5.69 Å². The number of anilines is 1. The molecule has 3 heterocycles. The number of aromatic amines is 1. The molecule has 0 radical (unpaired) electrons. The number of pyridine rings is 1. The molecule has 2 N–H and O–H groups in total. The van der Waals surface area contributed by atoms with Crippen LogP contribution >= 0.6 is 11.3 Å². The summed E-state index contributed by atoms with van der Waals surface area (Å²) in [5, 5.41) is 5.39. The predicted octanol–water partition coefficient (Wildman–Crippen LogP) is 2.45. The molecular weight excluding hydrogens is 364 g/mol. The van der Waals surface area contributed by atoms with Gasteiger partial charge in [0.15, 0.2) is 0 Å². The Labute approximate surface area is 157 Å². The lowest BCUT2D eigenvalue weighted by Crippen LogP contribution is -2.39. The standard InChI is InChI=1S/C19H14N4O3S/c24-17(22-13-8-12-4-1-2-6-16(12)20-9-13)15-10-21-19(26)23(18(15)25)11-14-5-3-7-27-14/h1-10H,11H2,(H,21,26)(H,22,24). The number of hydrogen-bond donors (Lipinski definition) is 2. The van der Waals surface area contributed by atoms with Crippen molar-refractivity contribution in [2.45, 2.75) is 6.54 Å². The summed E-state index contributed by atoms with van der Waals surface area (Å²) in [7, 11) is 0. The van der Waals surface area contributed by atoms with Gasteiger partial charge in [-0.3, -0.25) is 19.1 Å². The third kappa shape index (κ3) is 3.42. The Kier molecular flexibility index (Phi) is 4.39. The van der Waals surface area contributed by atoms with Gasteiger partial charge < -0.3 is 10.3 Å². The van der Waals surface area contributed by atoms with Gasteiger partial charge in [-0.2, -0.15) is 0 Å². The number of rotatable bonds is 4. The van der Waals surface area contributed by atoms with E-state index in [-0.39, 0.29) is 12.1 Å². The highest BCUT2D eigenvalue weighted by Gasteiger charge is 2.15. The van der Waals surface area contributed by atoms with Crippen LogP contribution in [0.1, 0.15) is 15.2 Å². The monoisotopic (exact) mass is 378 g/mol. The lowest BCUT2D eigenvalue weighted by Gasteiger charge is -2.08. The molecular formula is C19H14N4O3S. The van der Waals surface area contributed by atoms with Crippen molar-refractivity contribution in [2.75, 3.05) is 5.32 Å². The van der Waals surface area contributed by atoms with E-state index in [1.165, 1.54) is 17.5 Å². The lowest BCUT2D eigenvalue weighted by molar-refractivity contribution is 0.102. The van der Waals surface area contributed by atoms with Crippen molar-refractivity contribution in [1.29, 1.82) is 0 Å². The Morgan fingerprint density at radius 2 is 2.04 bits per heavy atom. The Balaban J connectivity index is 1.65. The summed E-state index contributed by atoms with van der Waals surface area (Å²) in [6.07, 6.45) is 2.66. The maximum Gasteiger partial charge on any atom is 0.328 e. The van der Waals surface area contributed by atoms with Gasteiger partial charge in [-0.05, 0) is 23.6 Å². The third-order valence-electron chi connectivity index (χ3n) is 4.05. The molecule has 0 saturated carbocycles. The first-order chi connectivity index (χ1) is 13.1. The second-order valence-electron chi connectivity index (χ2n) is 5.85. The number of carbonyl (C=O) groups is 1. The molecule has 3 aromatic heterocycles. The highest BCUT2D eigenvalue weighted by molar-refractivity contribution is 7.09. The summed E-state index contributed by atoms with van der Waals surface area (Å²) in [5.74, 6) is -0.603. The number of para-hydroxylation sites is 1. The quantitative estimate of drug-likeness (QED) is 0.570. The minimum absolute atomic E-state index is 0.116. The first kappa shape index (κ1) is 16.9. The number of H-pyrrole nitrogens is 1. The van der Waals surface area contributed by atoms with Crippen LogP contribution in [0.3, 0.4) is 0 Å². The molecule has 0 atom stereocenters. The smallest absolute Gasteiger partial charge is 0.320 e. The predicted molar refractivity (Wildman–Crippen MR) is 104 cm³/mol. The summed E-state index contributed by atoms with van der Waals surface area (Å²) < 4.78 is 1.01. The molecule has 1 amide bonds. The number of nitrogens with one attached hydrogen (secondary N) is 2. The van der Waals surface area contributed by atoms with E-state index < -0.39 is 17.2 Å². The van der Waals surface area contributed by atoms with Crippen molar-refractivity contribution < 1.29 is 4.79 Å². The third-order valence-corrected chi connectivity index (χ3v) is 4.91. The van der Waals surface area contributed by atoms with E-state index in [1.54, 1.807) is 6.07 Å². The zero-order valence-corrected chi connectivity index (χ0v) is 14.8. The SMILES string of the molecule is O=C(Nc1cnc2ccccc2c1)c1c[nH]c(=O)n(Cc2cccs2)c1=O. The van der Waals surface area contributed by atoms with E-state index in [9.17, 15) is 14.4 Å². The first-order valence-corrected chi connectivity index (χ1v) is 9.01. The Morgan fingerprint density at radius 1 is 1.19 bits per heavy atom. The van der Waals surface area contributed by atoms with Gasteiger partial charge in [-0.25, -0.2) is 4.79 Å². The maximum absolute atomic E-state index is 12.6. The number of carbonyl (C=O) groups excluding carboxylic acids is 1. The molecule has 7 nitrogen and oxygen atoms in total. The maximum atomic E-state index is 12.6. The van der Waals surface area contributed by atoms with E-state index in [4.69, 9.17) is 0 Å². The van der Waals surface area contributed by atoms with Gasteiger partial charge in [0, 0.05) is 16.5 Å². The molecule has 134 valence electrons. The fourth-order valence-corrected chi connectivity index (χ4v) is 3.41. The summed E-state index contributed by atoms with van der Waals surface area (Å²) >= 11 is 1.43. The highest BCUT2D eigenvalue weighted by Crippen LogP contribution is 2.16. The van der Waals surface area contributed by atoms with Crippen LogP contribution in [0.25, 0.3) is 10.9 Å². The first-order valence-electron chi connectivity index (χ1n) is 8.13. The van der Waals surface area contributed by atoms with Crippen LogP contribution in [0.5, 0.6) is 0 Å². The Bertz CT molecular complexity index is 1240. The zero-order valence-electron chi connectivity index (χ0n) is 14.0. The summed E-state index contributed by atoms with van der Waals surface area (Å²) in [6, 6.07) is 12.9. The Hall–Kier alpha value is -3.52. The van der Waals surface area contributed by atoms with Crippen molar-refractivity contribution in [3.63, 3.8) is 0 Å². The molecule has 0 aliphatic heterocycles. The topological polar surface area (TPSA) is 96.8 Å². The van der Waals surface area contributed by atoms with Gasteiger partial charge in [-0.15, -0.1) is 11.3 Å². The van der Waals surface area contributed by atoms with E-state index in [2.05, 4.69) is 15.3 Å². The number of benzene rings is 1. The average molecular weight is 378 g/mol. The van der Waals surface area contributed by atoms with Crippen LogP contribution in [0, 0.1) is 0 Å². The molecule has 4 aromatic rings. The van der Waals surface area contributed by atoms with Crippen molar-refractivity contribution in [2.24, 2.45) is 0 Å². The van der Waals surface area contributed by atoms with Crippen molar-refractivity contribution in [1.82, 2.24) is 14.5 Å². The lowest BCUT2D eigenvalue weighted by atomic mass is 10.2. The summed E-state index contributed by atoms with van der Waals surface area (Å²) in [4.78, 5) is 44.8. The number of amides is 1. The minimum atomic E-state index is -0.640. The van der Waals surface area contributed by atoms with Gasteiger partial charge in [-0.1, -0.05) is 24.3 Å². The van der Waals surface area contributed by atoms with Gasteiger partial charge >= 0.3 is 5.69 Å². The normalized spacial score (nSPS) is 10.8. The molecule has 0 spiro atoms. The largest absolute Gasteiger partial charge is 0.328 e. The molecule has 0 aliphatic carbocycles. The molecule has 0 saturated heterocycles. The molecule has 0 unspecified atom stereocenters. The Morgan fingerprint density at radius 3 is 2.85 bits per heavy atom. The fourth-order valence-electron chi connectivity index (χ4n) is 2.71. The fraction of sp³-hybridized carbons (Fsp3) is 0.0526. The van der Waals surface area contributed by atoms with E-state index >= 15 is 0 Å². The molecule has 0 fully saturated rings. The summed E-state index contributed by atoms with van der Waals surface area (Å²) in [6.45, 7) is 0.116. The number of nitrogens with zero attached hydrogens (tertiary/aromatic N) is 2. The summed E-state index contributed by atoms with van der Waals surface area (Å²) in [5.41, 5.74) is -0.0676. The van der Waals surface area contributed by atoms with Crippen molar-refractivity contribution in [3.8, 4) is 0 Å². The number of aromatic nitrogens is 3. The zero-order chi connectivity index (χ0) is 18.8. The van der Waals surface area contributed by atoms with Crippen LogP contribution in [-0.2, 0) is 6.54 Å². The van der Waals surface area contributed by atoms with Crippen molar-refractivity contribution >= 4 is 33.8 Å². The second kappa shape index (κ2) is 7.00. The van der Waals surface area contributed by atoms with E-state index in [0.29, 0.717) is 5.69 Å². The number of thiophene rings is 1. The van der Waals surface area contributed by atoms with Crippen LogP contribution in [0.2, 0.25) is 0 Å². The van der Waals surface area contributed by atoms with Gasteiger partial charge in [0.1, 0.15) is 5.56 Å². The van der Waals surface area contributed by atoms with Gasteiger partial charge in [0.05, 0.1) is 23.9 Å². The van der Waals surface area contributed by atoms with E-state index in [0.717, 1.165) is 26.5 Å². The number of fused-ring (bicyclic) bond motifs is 1. The minimum Gasteiger partial charge on any atom is -0.320 e. The number of hydrogen-bond acceptors (Lipinski definition) is 5.